The Labute approximate surface area is 166 Å². The molecule has 0 saturated heterocycles. The monoisotopic (exact) mass is 402 g/mol. The number of halogens is 1. The second-order valence-corrected chi connectivity index (χ2v) is 6.76. The number of anilines is 1. The fourth-order valence-electron chi connectivity index (χ4n) is 2.88. The summed E-state index contributed by atoms with van der Waals surface area (Å²) in [6.45, 7) is 4.00. The van der Waals surface area contributed by atoms with Crippen LogP contribution < -0.4 is 5.32 Å². The first-order valence-corrected chi connectivity index (χ1v) is 8.97. The van der Waals surface area contributed by atoms with Crippen LogP contribution in [0.25, 0.3) is 0 Å². The van der Waals surface area contributed by atoms with Crippen LogP contribution in [0.1, 0.15) is 23.4 Å². The number of nitrogens with zero attached hydrogens (tertiary/aromatic N) is 5. The van der Waals surface area contributed by atoms with Gasteiger partial charge in [-0.2, -0.15) is 10.2 Å². The average molecular weight is 403 g/mol. The van der Waals surface area contributed by atoms with E-state index < -0.39 is 4.92 Å². The van der Waals surface area contributed by atoms with Crippen LogP contribution in [-0.2, 0) is 17.9 Å². The second kappa shape index (κ2) is 8.22. The fraction of sp³-hybridized carbons (Fsp3) is 0.278. The van der Waals surface area contributed by atoms with Gasteiger partial charge in [-0.05, 0) is 31.5 Å². The molecule has 0 aliphatic carbocycles. The summed E-state index contributed by atoms with van der Waals surface area (Å²) in [5, 5.41) is 22.9. The summed E-state index contributed by atoms with van der Waals surface area (Å²) in [4.78, 5) is 22.8. The van der Waals surface area contributed by atoms with Crippen LogP contribution in [-0.4, -0.2) is 30.4 Å². The van der Waals surface area contributed by atoms with Crippen LogP contribution in [0.4, 0.5) is 11.5 Å². The first-order valence-electron chi connectivity index (χ1n) is 8.59. The van der Waals surface area contributed by atoms with E-state index in [2.05, 4.69) is 15.5 Å². The zero-order valence-electron chi connectivity index (χ0n) is 15.4. The number of amides is 1. The van der Waals surface area contributed by atoms with Gasteiger partial charge in [-0.1, -0.05) is 23.7 Å². The zero-order valence-corrected chi connectivity index (χ0v) is 16.2. The zero-order chi connectivity index (χ0) is 20.3. The molecule has 1 amide bonds. The summed E-state index contributed by atoms with van der Waals surface area (Å²) in [6, 6.07) is 9.16. The Morgan fingerprint density at radius 1 is 1.21 bits per heavy atom. The summed E-state index contributed by atoms with van der Waals surface area (Å²) >= 11 is 5.88. The first-order chi connectivity index (χ1) is 13.3. The van der Waals surface area contributed by atoms with Crippen LogP contribution in [0.3, 0.4) is 0 Å². The maximum Gasteiger partial charge on any atom is 0.312 e. The summed E-state index contributed by atoms with van der Waals surface area (Å²) in [7, 11) is 0. The molecule has 146 valence electrons. The number of rotatable bonds is 7. The van der Waals surface area contributed by atoms with Crippen molar-refractivity contribution < 1.29 is 9.72 Å². The third-order valence-corrected chi connectivity index (χ3v) is 4.49. The molecule has 9 nitrogen and oxygen atoms in total. The molecule has 2 aromatic heterocycles. The van der Waals surface area contributed by atoms with Crippen molar-refractivity contribution in [2.75, 3.05) is 5.32 Å². The van der Waals surface area contributed by atoms with Crippen LogP contribution in [0.15, 0.2) is 36.5 Å². The normalized spacial score (nSPS) is 10.8. The molecule has 0 radical (unpaired) electrons. The molecule has 0 saturated carbocycles. The molecule has 0 unspecified atom stereocenters. The van der Waals surface area contributed by atoms with Crippen molar-refractivity contribution >= 4 is 29.0 Å². The molecule has 0 aliphatic rings. The lowest BCUT2D eigenvalue weighted by Crippen LogP contribution is -2.16. The van der Waals surface area contributed by atoms with Gasteiger partial charge in [-0.15, -0.1) is 0 Å². The Hall–Kier alpha value is -3.20. The summed E-state index contributed by atoms with van der Waals surface area (Å²) in [5.41, 5.74) is 1.80. The van der Waals surface area contributed by atoms with E-state index in [1.807, 2.05) is 24.3 Å². The quantitative estimate of drug-likeness (QED) is 0.481. The lowest BCUT2D eigenvalue weighted by atomic mass is 10.2. The van der Waals surface area contributed by atoms with Crippen LogP contribution in [0, 0.1) is 24.0 Å². The molecule has 0 spiro atoms. The number of benzene rings is 1. The third kappa shape index (κ3) is 4.55. The predicted molar refractivity (Wildman–Crippen MR) is 104 cm³/mol. The molecule has 1 N–H and O–H groups in total. The van der Waals surface area contributed by atoms with Crippen molar-refractivity contribution in [3.63, 3.8) is 0 Å². The molecule has 0 aliphatic heterocycles. The maximum absolute atomic E-state index is 12.2. The van der Waals surface area contributed by atoms with Gasteiger partial charge < -0.3 is 5.32 Å². The largest absolute Gasteiger partial charge is 0.312 e. The van der Waals surface area contributed by atoms with E-state index in [-0.39, 0.29) is 24.6 Å². The number of nitrogens with one attached hydrogen (secondary N) is 1. The number of carbonyl (C=O) groups excluding carboxylic acids is 1. The van der Waals surface area contributed by atoms with Gasteiger partial charge in [0.1, 0.15) is 11.4 Å². The number of hydrogen-bond acceptors (Lipinski definition) is 5. The Bertz CT molecular complexity index is 1010. The molecule has 0 atom stereocenters. The molecule has 3 aromatic rings. The third-order valence-electron chi connectivity index (χ3n) is 4.24. The van der Waals surface area contributed by atoms with Crippen LogP contribution in [0.2, 0.25) is 5.02 Å². The number of nitro groups is 1. The van der Waals surface area contributed by atoms with Crippen LogP contribution in [0.5, 0.6) is 0 Å². The van der Waals surface area contributed by atoms with Crippen LogP contribution >= 0.6 is 11.6 Å². The fourth-order valence-corrected chi connectivity index (χ4v) is 3.00. The number of aromatic nitrogens is 4. The van der Waals surface area contributed by atoms with Gasteiger partial charge in [0.2, 0.25) is 5.91 Å². The molecule has 1 aromatic carbocycles. The van der Waals surface area contributed by atoms with Crippen molar-refractivity contribution in [2.45, 2.75) is 33.4 Å². The standard InChI is InChI=1S/C18H19ClN6O3/c1-12-18(25(27)28)13(2)24(21-12)10-8-17(26)20-16-7-9-23(22-16)11-14-3-5-15(19)6-4-14/h3-7,9H,8,10-11H2,1-2H3,(H,20,22,26). The average Bonchev–Trinajstić information content (AvgIpc) is 3.18. The van der Waals surface area contributed by atoms with E-state index in [0.29, 0.717) is 28.8 Å². The smallest absolute Gasteiger partial charge is 0.309 e. The Morgan fingerprint density at radius 3 is 2.57 bits per heavy atom. The van der Waals surface area contributed by atoms with Crippen molar-refractivity contribution in [1.82, 2.24) is 19.6 Å². The van der Waals surface area contributed by atoms with E-state index in [4.69, 9.17) is 11.6 Å². The number of aryl methyl sites for hydroxylation is 2. The van der Waals surface area contributed by atoms with Gasteiger partial charge in [0, 0.05) is 23.7 Å². The van der Waals surface area contributed by atoms with Crippen molar-refractivity contribution in [3.05, 3.63) is 68.6 Å². The van der Waals surface area contributed by atoms with Crippen molar-refractivity contribution in [3.8, 4) is 0 Å². The van der Waals surface area contributed by atoms with E-state index >= 15 is 0 Å². The highest BCUT2D eigenvalue weighted by Gasteiger charge is 2.21. The summed E-state index contributed by atoms with van der Waals surface area (Å²) < 4.78 is 3.19. The van der Waals surface area contributed by atoms with Gasteiger partial charge in [0.15, 0.2) is 5.82 Å². The van der Waals surface area contributed by atoms with Crippen molar-refractivity contribution in [2.24, 2.45) is 0 Å². The predicted octanol–water partition coefficient (Wildman–Crippen LogP) is 3.34. The number of hydrogen-bond donors (Lipinski definition) is 1. The minimum absolute atomic E-state index is 0.0126. The minimum atomic E-state index is -0.457. The topological polar surface area (TPSA) is 108 Å². The molecular formula is C18H19ClN6O3. The lowest BCUT2D eigenvalue weighted by Gasteiger charge is -2.05. The Kier molecular flexibility index (Phi) is 5.74. The van der Waals surface area contributed by atoms with E-state index in [0.717, 1.165) is 5.56 Å². The van der Waals surface area contributed by atoms with E-state index in [1.165, 1.54) is 4.68 Å². The first kappa shape index (κ1) is 19.6. The molecule has 2 heterocycles. The summed E-state index contributed by atoms with van der Waals surface area (Å²) in [5.74, 6) is 0.199. The second-order valence-electron chi connectivity index (χ2n) is 6.32. The van der Waals surface area contributed by atoms with Gasteiger partial charge in [0.25, 0.3) is 0 Å². The summed E-state index contributed by atoms with van der Waals surface area (Å²) in [6.07, 6.45) is 1.90. The van der Waals surface area contributed by atoms with E-state index in [9.17, 15) is 14.9 Å². The van der Waals surface area contributed by atoms with E-state index in [1.54, 1.807) is 30.8 Å². The highest BCUT2D eigenvalue weighted by molar-refractivity contribution is 6.30. The lowest BCUT2D eigenvalue weighted by molar-refractivity contribution is -0.386. The SMILES string of the molecule is Cc1nn(CCC(=O)Nc2ccn(Cc3ccc(Cl)cc3)n2)c(C)c1[N+](=O)[O-]. The molecule has 0 bridgehead atoms. The molecular weight excluding hydrogens is 384 g/mol. The molecule has 28 heavy (non-hydrogen) atoms. The highest BCUT2D eigenvalue weighted by atomic mass is 35.5. The molecule has 0 fully saturated rings. The van der Waals surface area contributed by atoms with Gasteiger partial charge in [-0.3, -0.25) is 24.3 Å². The molecule has 10 heteroatoms. The number of carbonyl (C=O) groups is 1. The highest BCUT2D eigenvalue weighted by Crippen LogP contribution is 2.22. The Morgan fingerprint density at radius 2 is 1.93 bits per heavy atom. The molecule has 3 rings (SSSR count). The minimum Gasteiger partial charge on any atom is -0.309 e. The van der Waals surface area contributed by atoms with Gasteiger partial charge in [0.05, 0.1) is 18.0 Å². The Balaban J connectivity index is 1.56. The van der Waals surface area contributed by atoms with Gasteiger partial charge >= 0.3 is 5.69 Å². The van der Waals surface area contributed by atoms with Crippen molar-refractivity contribution in [1.29, 1.82) is 0 Å². The maximum atomic E-state index is 12.2. The van der Waals surface area contributed by atoms with Gasteiger partial charge in [-0.25, -0.2) is 0 Å².